The molecular weight excluding hydrogens is 641 g/mol. The maximum absolute atomic E-state index is 14.5. The van der Waals surface area contributed by atoms with Gasteiger partial charge in [0.15, 0.2) is 0 Å². The van der Waals surface area contributed by atoms with Gasteiger partial charge in [0.1, 0.15) is 24.2 Å². The van der Waals surface area contributed by atoms with Crippen LogP contribution < -0.4 is 14.4 Å². The molecular formula is C36H39ClFN3O5S. The minimum absolute atomic E-state index is 0.0580. The molecule has 0 saturated carbocycles. The van der Waals surface area contributed by atoms with Gasteiger partial charge in [0.2, 0.25) is 11.8 Å². The van der Waals surface area contributed by atoms with Gasteiger partial charge in [-0.15, -0.1) is 0 Å². The van der Waals surface area contributed by atoms with Gasteiger partial charge in [-0.1, -0.05) is 73.5 Å². The molecule has 0 aliphatic heterocycles. The number of carbonyl (C=O) groups excluding carboxylic acids is 2. The molecule has 248 valence electrons. The maximum atomic E-state index is 14.5. The Bertz CT molecular complexity index is 1720. The van der Waals surface area contributed by atoms with Gasteiger partial charge in [-0.25, -0.2) is 12.8 Å². The van der Waals surface area contributed by atoms with Crippen molar-refractivity contribution in [3.05, 3.63) is 125 Å². The van der Waals surface area contributed by atoms with Gasteiger partial charge in [-0.3, -0.25) is 13.9 Å². The number of rotatable bonds is 16. The molecule has 4 rings (SSSR count). The largest absolute Gasteiger partial charge is 0.494 e. The zero-order valence-corrected chi connectivity index (χ0v) is 28.0. The van der Waals surface area contributed by atoms with Gasteiger partial charge < -0.3 is 15.0 Å². The Morgan fingerprint density at radius 3 is 2.19 bits per heavy atom. The minimum Gasteiger partial charge on any atom is -0.494 e. The van der Waals surface area contributed by atoms with Gasteiger partial charge in [0.05, 0.1) is 17.2 Å². The molecule has 4 aromatic carbocycles. The average molecular weight is 680 g/mol. The fourth-order valence-electron chi connectivity index (χ4n) is 5.01. The summed E-state index contributed by atoms with van der Waals surface area (Å²) in [5.74, 6) is -1.09. The highest BCUT2D eigenvalue weighted by Crippen LogP contribution is 2.27. The van der Waals surface area contributed by atoms with Gasteiger partial charge in [-0.2, -0.15) is 0 Å². The van der Waals surface area contributed by atoms with Crippen molar-refractivity contribution in [1.82, 2.24) is 10.2 Å². The second-order valence-electron chi connectivity index (χ2n) is 10.9. The highest BCUT2D eigenvalue weighted by Gasteiger charge is 2.35. The fourth-order valence-corrected chi connectivity index (χ4v) is 6.62. The Morgan fingerprint density at radius 2 is 1.55 bits per heavy atom. The summed E-state index contributed by atoms with van der Waals surface area (Å²) in [4.78, 5) is 29.6. The van der Waals surface area contributed by atoms with Crippen LogP contribution in [0.4, 0.5) is 10.1 Å². The van der Waals surface area contributed by atoms with Crippen LogP contribution in [-0.2, 0) is 32.6 Å². The number of hydrogen-bond donors (Lipinski definition) is 1. The van der Waals surface area contributed by atoms with Crippen molar-refractivity contribution >= 4 is 39.1 Å². The van der Waals surface area contributed by atoms with E-state index in [1.165, 1.54) is 41.3 Å². The number of sulfonamides is 1. The Balaban J connectivity index is 1.78. The van der Waals surface area contributed by atoms with Crippen molar-refractivity contribution in [3.63, 3.8) is 0 Å². The van der Waals surface area contributed by atoms with Crippen LogP contribution in [-0.4, -0.2) is 50.9 Å². The first-order valence-corrected chi connectivity index (χ1v) is 17.3. The van der Waals surface area contributed by atoms with Gasteiger partial charge >= 0.3 is 0 Å². The molecule has 8 nitrogen and oxygen atoms in total. The van der Waals surface area contributed by atoms with Gasteiger partial charge in [0.25, 0.3) is 10.0 Å². The fraction of sp³-hybridized carbons (Fsp3) is 0.278. The number of halogens is 2. The number of amides is 2. The second kappa shape index (κ2) is 16.9. The zero-order valence-electron chi connectivity index (χ0n) is 26.4. The number of anilines is 1. The first-order chi connectivity index (χ1) is 22.6. The molecule has 0 heterocycles. The maximum Gasteiger partial charge on any atom is 0.264 e. The third-order valence-electron chi connectivity index (χ3n) is 7.52. The first-order valence-electron chi connectivity index (χ1n) is 15.5. The van der Waals surface area contributed by atoms with Crippen molar-refractivity contribution in [1.29, 1.82) is 0 Å². The summed E-state index contributed by atoms with van der Waals surface area (Å²) in [5.41, 5.74) is 1.49. The van der Waals surface area contributed by atoms with Gasteiger partial charge in [0, 0.05) is 24.5 Å². The van der Waals surface area contributed by atoms with E-state index in [4.69, 9.17) is 16.3 Å². The Kier molecular flexibility index (Phi) is 12.8. The van der Waals surface area contributed by atoms with Crippen molar-refractivity contribution in [2.75, 3.05) is 24.0 Å². The molecule has 2 amide bonds. The van der Waals surface area contributed by atoms with Crippen LogP contribution in [0.2, 0.25) is 5.02 Å². The van der Waals surface area contributed by atoms with E-state index in [1.54, 1.807) is 24.3 Å². The average Bonchev–Trinajstić information content (AvgIpc) is 3.07. The Labute approximate surface area is 281 Å². The molecule has 0 aliphatic carbocycles. The summed E-state index contributed by atoms with van der Waals surface area (Å²) in [5, 5.41) is 3.35. The number of benzene rings is 4. The lowest BCUT2D eigenvalue weighted by molar-refractivity contribution is -0.140. The molecule has 1 N–H and O–H groups in total. The van der Waals surface area contributed by atoms with E-state index in [9.17, 15) is 22.4 Å². The predicted octanol–water partition coefficient (Wildman–Crippen LogP) is 6.63. The molecule has 0 saturated heterocycles. The van der Waals surface area contributed by atoms with Crippen molar-refractivity contribution < 1.29 is 27.1 Å². The molecule has 11 heteroatoms. The van der Waals surface area contributed by atoms with E-state index in [1.807, 2.05) is 44.2 Å². The minimum atomic E-state index is -4.35. The molecule has 0 radical (unpaired) electrons. The number of nitrogens with zero attached hydrogens (tertiary/aromatic N) is 2. The standard InChI is InChI=1S/C36H39ClFN3O5S/c1-3-5-23-39-36(43)34(24-27-11-7-6-8-12-27)40(25-28-13-9-10-14-33(28)37)35(42)26-41(30-17-15-29(38)16-18-30)47(44,45)32-21-19-31(20-22-32)46-4-2/h6-22,34H,3-5,23-26H2,1-2H3,(H,39,43)/t34-/m1/s1. The third-order valence-corrected chi connectivity index (χ3v) is 9.67. The molecule has 0 fully saturated rings. The van der Waals surface area contributed by atoms with E-state index < -0.39 is 34.3 Å². The van der Waals surface area contributed by atoms with Crippen LogP contribution in [0.15, 0.2) is 108 Å². The van der Waals surface area contributed by atoms with Gasteiger partial charge in [-0.05, 0) is 79.1 Å². The number of carbonyl (C=O) groups is 2. The van der Waals surface area contributed by atoms with Crippen molar-refractivity contribution in [2.45, 2.75) is 50.6 Å². The SMILES string of the molecule is CCCCNC(=O)[C@@H](Cc1ccccc1)N(Cc1ccccc1Cl)C(=O)CN(c1ccc(F)cc1)S(=O)(=O)c1ccc(OCC)cc1. The van der Waals surface area contributed by atoms with Crippen LogP contribution >= 0.6 is 11.6 Å². The third kappa shape index (κ3) is 9.56. The molecule has 0 unspecified atom stereocenters. The monoisotopic (exact) mass is 679 g/mol. The van der Waals surface area contributed by atoms with Crippen LogP contribution in [0.1, 0.15) is 37.8 Å². The Morgan fingerprint density at radius 1 is 0.894 bits per heavy atom. The summed E-state index contributed by atoms with van der Waals surface area (Å²) in [7, 11) is -4.35. The van der Waals surface area contributed by atoms with E-state index in [0.29, 0.717) is 29.5 Å². The number of ether oxygens (including phenoxy) is 1. The summed E-state index contributed by atoms with van der Waals surface area (Å²) in [6.07, 6.45) is 1.79. The molecule has 1 atom stereocenters. The Hall–Kier alpha value is -4.41. The normalized spacial score (nSPS) is 11.8. The molecule has 47 heavy (non-hydrogen) atoms. The molecule has 0 bridgehead atoms. The lowest BCUT2D eigenvalue weighted by atomic mass is 10.0. The van der Waals surface area contributed by atoms with Crippen LogP contribution in [0.3, 0.4) is 0 Å². The highest BCUT2D eigenvalue weighted by atomic mass is 35.5. The quantitative estimate of drug-likeness (QED) is 0.134. The zero-order chi connectivity index (χ0) is 33.8. The van der Waals surface area contributed by atoms with E-state index in [-0.39, 0.29) is 29.5 Å². The summed E-state index contributed by atoms with van der Waals surface area (Å²) in [6.45, 7) is 3.92. The second-order valence-corrected chi connectivity index (χ2v) is 13.1. The summed E-state index contributed by atoms with van der Waals surface area (Å²) < 4.78 is 48.7. The lowest BCUT2D eigenvalue weighted by Gasteiger charge is -2.34. The number of hydrogen-bond acceptors (Lipinski definition) is 5. The highest BCUT2D eigenvalue weighted by molar-refractivity contribution is 7.92. The van der Waals surface area contributed by atoms with Crippen molar-refractivity contribution in [2.24, 2.45) is 0 Å². The molecule has 4 aromatic rings. The van der Waals surface area contributed by atoms with E-state index >= 15 is 0 Å². The molecule has 0 spiro atoms. The summed E-state index contributed by atoms with van der Waals surface area (Å²) >= 11 is 6.53. The number of nitrogens with one attached hydrogen (secondary N) is 1. The number of unbranched alkanes of at least 4 members (excludes halogenated alkanes) is 1. The topological polar surface area (TPSA) is 96.0 Å². The molecule has 0 aromatic heterocycles. The molecule has 0 aliphatic rings. The van der Waals surface area contributed by atoms with Crippen LogP contribution in [0, 0.1) is 5.82 Å². The van der Waals surface area contributed by atoms with Crippen LogP contribution in [0.5, 0.6) is 5.75 Å². The lowest BCUT2D eigenvalue weighted by Crippen LogP contribution is -2.53. The van der Waals surface area contributed by atoms with E-state index in [0.717, 1.165) is 34.8 Å². The van der Waals surface area contributed by atoms with Crippen LogP contribution in [0.25, 0.3) is 0 Å². The van der Waals surface area contributed by atoms with E-state index in [2.05, 4.69) is 5.32 Å². The first kappa shape index (κ1) is 35.4. The van der Waals surface area contributed by atoms with Crippen molar-refractivity contribution in [3.8, 4) is 5.75 Å². The predicted molar refractivity (Wildman–Crippen MR) is 182 cm³/mol. The summed E-state index contributed by atoms with van der Waals surface area (Å²) in [6, 6.07) is 26.0. The smallest absolute Gasteiger partial charge is 0.264 e.